The summed E-state index contributed by atoms with van der Waals surface area (Å²) in [7, 11) is 1.59. The number of halogens is 1. The zero-order valence-electron chi connectivity index (χ0n) is 26.5. The zero-order chi connectivity index (χ0) is 31.9. The number of unbranched alkanes of at least 4 members (excludes halogenated alkanes) is 1. The molecule has 6 rings (SSSR count). The normalized spacial score (nSPS) is 23.7. The summed E-state index contributed by atoms with van der Waals surface area (Å²) >= 11 is 8.29. The van der Waals surface area contributed by atoms with Crippen LogP contribution in [0.2, 0.25) is 5.02 Å². The second-order valence-electron chi connectivity index (χ2n) is 12.8. The maximum Gasteiger partial charge on any atom is 0.315 e. The minimum atomic E-state index is -0.0492. The third-order valence-corrected chi connectivity index (χ3v) is 11.3. The van der Waals surface area contributed by atoms with E-state index in [2.05, 4.69) is 26.6 Å². The zero-order valence-corrected chi connectivity index (χ0v) is 28.1. The number of nitrogens with zero attached hydrogens (tertiary/aromatic N) is 4. The molecule has 0 spiro atoms. The summed E-state index contributed by atoms with van der Waals surface area (Å²) in [6, 6.07) is 6.39. The number of thioether (sulfide) groups is 1. The summed E-state index contributed by atoms with van der Waals surface area (Å²) in [5.41, 5.74) is 0.753. The van der Waals surface area contributed by atoms with Gasteiger partial charge < -0.3 is 36.2 Å². The number of likely N-dealkylation sites (tertiary alicyclic amines) is 1. The fourth-order valence-electron chi connectivity index (χ4n) is 6.92. The number of aromatic nitrogens is 3. The molecule has 12 nitrogen and oxygen atoms in total. The Kier molecular flexibility index (Phi) is 11.1. The maximum atomic E-state index is 13.0. The highest BCUT2D eigenvalue weighted by atomic mass is 35.5. The summed E-state index contributed by atoms with van der Waals surface area (Å²) in [6.45, 7) is 1.42. The fourth-order valence-corrected chi connectivity index (χ4v) is 8.72. The number of hydrogen-bond donors (Lipinski definition) is 5. The fraction of sp³-hybridized carbons (Fsp3) is 0.656. The molecule has 2 aromatic rings. The molecule has 3 aliphatic heterocycles. The van der Waals surface area contributed by atoms with Crippen LogP contribution in [0.4, 0.5) is 28.3 Å². The molecule has 3 unspecified atom stereocenters. The van der Waals surface area contributed by atoms with E-state index in [4.69, 9.17) is 31.3 Å². The summed E-state index contributed by atoms with van der Waals surface area (Å²) < 4.78 is 5.29. The smallest absolute Gasteiger partial charge is 0.315 e. The molecule has 1 aromatic heterocycles. The van der Waals surface area contributed by atoms with Crippen molar-refractivity contribution < 1.29 is 14.3 Å². The van der Waals surface area contributed by atoms with Crippen LogP contribution in [0.1, 0.15) is 77.0 Å². The molecule has 4 heterocycles. The van der Waals surface area contributed by atoms with E-state index >= 15 is 0 Å². The van der Waals surface area contributed by atoms with Crippen molar-refractivity contribution in [1.29, 1.82) is 0 Å². The van der Waals surface area contributed by atoms with E-state index in [1.807, 2.05) is 28.8 Å². The summed E-state index contributed by atoms with van der Waals surface area (Å²) in [5, 5.41) is 17.4. The first kappa shape index (κ1) is 32.7. The van der Waals surface area contributed by atoms with E-state index in [-0.39, 0.29) is 30.1 Å². The monoisotopic (exact) mass is 671 g/mol. The first-order valence-corrected chi connectivity index (χ1v) is 18.2. The minimum Gasteiger partial charge on any atom is -0.495 e. The summed E-state index contributed by atoms with van der Waals surface area (Å²) in [6.07, 6.45) is 12.3. The molecule has 0 bridgehead atoms. The number of carbonyl (C=O) groups is 2. The molecule has 3 amide bonds. The predicted molar refractivity (Wildman–Crippen MR) is 183 cm³/mol. The van der Waals surface area contributed by atoms with Crippen LogP contribution in [0.5, 0.6) is 5.75 Å². The number of urea groups is 1. The average molecular weight is 672 g/mol. The van der Waals surface area contributed by atoms with Crippen molar-refractivity contribution in [3.8, 4) is 5.75 Å². The van der Waals surface area contributed by atoms with Gasteiger partial charge in [0.25, 0.3) is 0 Å². The summed E-state index contributed by atoms with van der Waals surface area (Å²) in [5.74, 6) is 3.29. The van der Waals surface area contributed by atoms with Gasteiger partial charge >= 0.3 is 6.03 Å². The molecule has 5 N–H and O–H groups in total. The highest BCUT2D eigenvalue weighted by Crippen LogP contribution is 2.33. The molecule has 1 aromatic carbocycles. The van der Waals surface area contributed by atoms with Crippen LogP contribution in [-0.2, 0) is 4.79 Å². The van der Waals surface area contributed by atoms with Crippen LogP contribution in [0.3, 0.4) is 0 Å². The number of piperidine rings is 1. The Bertz CT molecular complexity index is 1350. The lowest BCUT2D eigenvalue weighted by Crippen LogP contribution is -2.42. The number of benzene rings is 1. The maximum absolute atomic E-state index is 13.0. The van der Waals surface area contributed by atoms with E-state index in [1.165, 1.54) is 25.7 Å². The number of nitrogens with one attached hydrogen (secondary N) is 5. The Morgan fingerprint density at radius 3 is 2.37 bits per heavy atom. The molecule has 3 saturated heterocycles. The Hall–Kier alpha value is -3.19. The number of anilines is 4. The number of rotatable bonds is 12. The van der Waals surface area contributed by atoms with E-state index < -0.39 is 0 Å². The molecule has 1 aliphatic carbocycles. The van der Waals surface area contributed by atoms with Gasteiger partial charge in [0.1, 0.15) is 5.75 Å². The van der Waals surface area contributed by atoms with Gasteiger partial charge in [0.15, 0.2) is 0 Å². The van der Waals surface area contributed by atoms with Crippen molar-refractivity contribution in [2.45, 2.75) is 106 Å². The second kappa shape index (κ2) is 15.6. The first-order chi connectivity index (χ1) is 22.4. The van der Waals surface area contributed by atoms with E-state index in [0.29, 0.717) is 59.4 Å². The molecule has 4 aliphatic rings. The number of amides is 3. The van der Waals surface area contributed by atoms with Gasteiger partial charge in [-0.1, -0.05) is 43.7 Å². The lowest BCUT2D eigenvalue weighted by Gasteiger charge is -2.32. The minimum absolute atomic E-state index is 0.0492. The molecule has 46 heavy (non-hydrogen) atoms. The SMILES string of the molecule is COc1ccc(Nc2nc(NC3CCCCCC3)nc(NC3CCN(C(=O)CCCCC4SCC5NC(=O)NC54)CC3)n2)cc1Cl. The molecule has 4 fully saturated rings. The Morgan fingerprint density at radius 1 is 0.978 bits per heavy atom. The molecule has 3 atom stereocenters. The third-order valence-electron chi connectivity index (χ3n) is 9.48. The third kappa shape index (κ3) is 8.58. The number of fused-ring (bicyclic) bond motifs is 1. The first-order valence-electron chi connectivity index (χ1n) is 16.8. The van der Waals surface area contributed by atoms with Crippen molar-refractivity contribution >= 4 is 58.8 Å². The summed E-state index contributed by atoms with van der Waals surface area (Å²) in [4.78, 5) is 40.8. The average Bonchev–Trinajstić information content (AvgIpc) is 3.48. The Balaban J connectivity index is 1.01. The van der Waals surface area contributed by atoms with Crippen LogP contribution in [0, 0.1) is 0 Å². The topological polar surface area (TPSA) is 145 Å². The van der Waals surface area contributed by atoms with Gasteiger partial charge in [0, 0.05) is 48.3 Å². The number of hydrogen-bond acceptors (Lipinski definition) is 10. The Morgan fingerprint density at radius 2 is 1.67 bits per heavy atom. The van der Waals surface area contributed by atoms with Crippen molar-refractivity contribution in [1.82, 2.24) is 30.5 Å². The molecule has 0 radical (unpaired) electrons. The highest BCUT2D eigenvalue weighted by molar-refractivity contribution is 8.00. The molecular formula is C32H46ClN9O3S. The van der Waals surface area contributed by atoms with E-state index in [1.54, 1.807) is 13.2 Å². The highest BCUT2D eigenvalue weighted by Gasteiger charge is 2.42. The van der Waals surface area contributed by atoms with Crippen LogP contribution in [0.15, 0.2) is 18.2 Å². The lowest BCUT2D eigenvalue weighted by molar-refractivity contribution is -0.132. The number of ether oxygens (including phenoxy) is 1. The predicted octanol–water partition coefficient (Wildman–Crippen LogP) is 5.54. The van der Waals surface area contributed by atoms with Crippen LogP contribution in [0.25, 0.3) is 0 Å². The van der Waals surface area contributed by atoms with Crippen molar-refractivity contribution in [3.05, 3.63) is 23.2 Å². The van der Waals surface area contributed by atoms with Gasteiger partial charge in [-0.3, -0.25) is 4.79 Å². The standard InChI is InChI=1S/C32H46ClN9O3S/c1-45-25-13-12-22(18-23(25)33)36-31-40-29(34-20-8-4-2-3-5-9-20)39-30(41-31)35-21-14-16-42(17-15-21)27(43)11-7-6-10-26-28-24(19-46-26)37-32(44)38-28/h12-13,18,20-21,24,26,28H,2-11,14-17,19H2,1H3,(H2,37,38,44)(H3,34,35,36,39,40,41). The molecule has 250 valence electrons. The lowest BCUT2D eigenvalue weighted by atomic mass is 10.0. The Labute approximate surface area is 280 Å². The quantitative estimate of drug-likeness (QED) is 0.111. The number of methoxy groups -OCH3 is 1. The van der Waals surface area contributed by atoms with Crippen LogP contribution >= 0.6 is 23.4 Å². The number of carbonyl (C=O) groups excluding carboxylic acids is 2. The van der Waals surface area contributed by atoms with E-state index in [0.717, 1.165) is 56.4 Å². The molecule has 1 saturated carbocycles. The molecular weight excluding hydrogens is 626 g/mol. The van der Waals surface area contributed by atoms with Gasteiger partial charge in [-0.2, -0.15) is 26.7 Å². The van der Waals surface area contributed by atoms with Gasteiger partial charge in [-0.05, 0) is 56.7 Å². The van der Waals surface area contributed by atoms with Gasteiger partial charge in [-0.15, -0.1) is 0 Å². The van der Waals surface area contributed by atoms with Gasteiger partial charge in [0.2, 0.25) is 23.8 Å². The van der Waals surface area contributed by atoms with Crippen molar-refractivity contribution in [2.75, 3.05) is 41.9 Å². The van der Waals surface area contributed by atoms with Crippen LogP contribution < -0.4 is 31.3 Å². The van der Waals surface area contributed by atoms with Gasteiger partial charge in [-0.25, -0.2) is 4.79 Å². The molecule has 14 heteroatoms. The van der Waals surface area contributed by atoms with Gasteiger partial charge in [0.05, 0.1) is 24.2 Å². The van der Waals surface area contributed by atoms with Crippen molar-refractivity contribution in [3.63, 3.8) is 0 Å². The largest absolute Gasteiger partial charge is 0.495 e. The van der Waals surface area contributed by atoms with E-state index in [9.17, 15) is 9.59 Å². The van der Waals surface area contributed by atoms with Crippen LogP contribution in [-0.4, -0.2) is 87.2 Å². The van der Waals surface area contributed by atoms with Crippen molar-refractivity contribution in [2.24, 2.45) is 0 Å². The second-order valence-corrected chi connectivity index (χ2v) is 14.5.